The van der Waals surface area contributed by atoms with Crippen molar-refractivity contribution < 1.29 is 9.79 Å². The summed E-state index contributed by atoms with van der Waals surface area (Å²) in [6, 6.07) is 0.639. The average Bonchev–Trinajstić information content (AvgIpc) is 2.34. The smallest absolute Gasteiger partial charge is 0.180 e. The summed E-state index contributed by atoms with van der Waals surface area (Å²) in [4.78, 5) is 0.658. The lowest BCUT2D eigenvalue weighted by molar-refractivity contribution is 0.468. The molecular formula is C16H26O2S. The van der Waals surface area contributed by atoms with E-state index in [1.807, 2.05) is 6.08 Å². The van der Waals surface area contributed by atoms with Gasteiger partial charge in [0, 0.05) is 5.92 Å². The highest BCUT2D eigenvalue weighted by Crippen LogP contribution is 2.47. The number of unbranched alkanes of at least 4 members (excludes halogenated alkanes) is 1. The third kappa shape index (κ3) is 2.54. The van der Waals surface area contributed by atoms with Gasteiger partial charge in [-0.25, -0.2) is 8.42 Å². The van der Waals surface area contributed by atoms with Crippen molar-refractivity contribution in [2.45, 2.75) is 64.5 Å². The molecule has 2 bridgehead atoms. The van der Waals surface area contributed by atoms with Gasteiger partial charge in [-0.15, -0.1) is 0 Å². The van der Waals surface area contributed by atoms with Crippen molar-refractivity contribution >= 4 is 9.84 Å². The second-order valence-corrected chi connectivity index (χ2v) is 9.35. The molecule has 0 radical (unpaired) electrons. The molecule has 0 heterocycles. The average molecular weight is 283 g/mol. The topological polar surface area (TPSA) is 34.1 Å². The van der Waals surface area contributed by atoms with Crippen LogP contribution in [0.1, 0.15) is 61.2 Å². The molecule has 19 heavy (non-hydrogen) atoms. The SMILES string of the molecule is [2H]C1=C[C@H]2CC[C@@H]1C(CCCC)=C2S(=O)(=O)C(C)(C)C. The molecule has 0 spiro atoms. The van der Waals surface area contributed by atoms with Gasteiger partial charge in [0.05, 0.1) is 11.0 Å². The molecule has 3 aliphatic carbocycles. The molecule has 108 valence electrons. The highest BCUT2D eigenvalue weighted by atomic mass is 32.2. The Hall–Kier alpha value is -0.570. The molecule has 2 atom stereocenters. The Morgan fingerprint density at radius 3 is 2.47 bits per heavy atom. The van der Waals surface area contributed by atoms with Crippen molar-refractivity contribution in [3.63, 3.8) is 0 Å². The van der Waals surface area contributed by atoms with Crippen molar-refractivity contribution in [3.05, 3.63) is 22.6 Å². The molecule has 0 aliphatic heterocycles. The highest BCUT2D eigenvalue weighted by Gasteiger charge is 2.42. The summed E-state index contributed by atoms with van der Waals surface area (Å²) in [5.41, 5.74) is 1.05. The highest BCUT2D eigenvalue weighted by molar-refractivity contribution is 7.96. The van der Waals surface area contributed by atoms with Crippen LogP contribution in [0.15, 0.2) is 22.6 Å². The van der Waals surface area contributed by atoms with Crippen LogP contribution in [0.4, 0.5) is 0 Å². The quantitative estimate of drug-likeness (QED) is 0.723. The summed E-state index contributed by atoms with van der Waals surface area (Å²) in [6.07, 6.45) is 6.60. The monoisotopic (exact) mass is 283 g/mol. The van der Waals surface area contributed by atoms with Crippen LogP contribution in [0.3, 0.4) is 0 Å². The number of allylic oxidation sites excluding steroid dienone is 4. The van der Waals surface area contributed by atoms with E-state index in [1.165, 1.54) is 0 Å². The molecule has 2 nitrogen and oxygen atoms in total. The number of fused-ring (bicyclic) bond motifs is 1. The first kappa shape index (κ1) is 13.4. The van der Waals surface area contributed by atoms with E-state index in [2.05, 4.69) is 6.92 Å². The lowest BCUT2D eigenvalue weighted by Gasteiger charge is -2.38. The maximum Gasteiger partial charge on any atom is 0.180 e. The van der Waals surface area contributed by atoms with Gasteiger partial charge in [-0.1, -0.05) is 25.5 Å². The summed E-state index contributed by atoms with van der Waals surface area (Å²) >= 11 is 0. The fourth-order valence-corrected chi connectivity index (χ4v) is 4.84. The fraction of sp³-hybridized carbons (Fsp3) is 0.750. The maximum absolute atomic E-state index is 12.9. The van der Waals surface area contributed by atoms with Crippen LogP contribution in [0, 0.1) is 11.8 Å². The van der Waals surface area contributed by atoms with Crippen molar-refractivity contribution in [1.82, 2.24) is 0 Å². The van der Waals surface area contributed by atoms with E-state index in [0.717, 1.165) is 37.7 Å². The number of hydrogen-bond donors (Lipinski definition) is 0. The van der Waals surface area contributed by atoms with E-state index in [0.29, 0.717) is 11.0 Å². The van der Waals surface area contributed by atoms with Crippen molar-refractivity contribution in [3.8, 4) is 0 Å². The Bertz CT molecular complexity index is 550. The van der Waals surface area contributed by atoms with Crippen LogP contribution < -0.4 is 0 Å². The third-order valence-electron chi connectivity index (χ3n) is 4.23. The number of sulfone groups is 1. The van der Waals surface area contributed by atoms with Crippen molar-refractivity contribution in [2.24, 2.45) is 11.8 Å². The van der Waals surface area contributed by atoms with Gasteiger partial charge in [-0.05, 0) is 57.9 Å². The van der Waals surface area contributed by atoms with E-state index in [-0.39, 0.29) is 11.8 Å². The Kier molecular flexibility index (Phi) is 3.59. The van der Waals surface area contributed by atoms with Crippen molar-refractivity contribution in [2.75, 3.05) is 0 Å². The van der Waals surface area contributed by atoms with E-state index < -0.39 is 14.6 Å². The number of rotatable bonds is 4. The van der Waals surface area contributed by atoms with Gasteiger partial charge in [0.15, 0.2) is 9.84 Å². The first-order valence-electron chi connectivity index (χ1n) is 7.86. The molecule has 0 fully saturated rings. The van der Waals surface area contributed by atoms with Crippen LogP contribution in [0.2, 0.25) is 0 Å². The van der Waals surface area contributed by atoms with Gasteiger partial charge >= 0.3 is 0 Å². The third-order valence-corrected chi connectivity index (χ3v) is 6.99. The molecule has 0 N–H and O–H groups in total. The minimum absolute atomic E-state index is 0.0522. The molecule has 0 aromatic rings. The van der Waals surface area contributed by atoms with E-state index in [9.17, 15) is 8.42 Å². The van der Waals surface area contributed by atoms with Crippen LogP contribution in [-0.4, -0.2) is 13.2 Å². The van der Waals surface area contributed by atoms with Gasteiger partial charge in [-0.2, -0.15) is 0 Å². The van der Waals surface area contributed by atoms with Gasteiger partial charge < -0.3 is 0 Å². The maximum atomic E-state index is 12.9. The van der Waals surface area contributed by atoms with Crippen LogP contribution in [0.25, 0.3) is 0 Å². The summed E-state index contributed by atoms with van der Waals surface area (Å²) < 4.78 is 33.2. The molecule has 0 unspecified atom stereocenters. The summed E-state index contributed by atoms with van der Waals surface area (Å²) in [6.45, 7) is 7.46. The fourth-order valence-electron chi connectivity index (χ4n) is 3.00. The minimum Gasteiger partial charge on any atom is -0.223 e. The lowest BCUT2D eigenvalue weighted by Crippen LogP contribution is -2.36. The second kappa shape index (κ2) is 5.08. The zero-order valence-electron chi connectivity index (χ0n) is 13.5. The van der Waals surface area contributed by atoms with Gasteiger partial charge in [0.2, 0.25) is 0 Å². The van der Waals surface area contributed by atoms with Crippen LogP contribution in [0.5, 0.6) is 0 Å². The van der Waals surface area contributed by atoms with Crippen molar-refractivity contribution in [1.29, 1.82) is 0 Å². The van der Waals surface area contributed by atoms with E-state index >= 15 is 0 Å². The van der Waals surface area contributed by atoms with Gasteiger partial charge in [0.25, 0.3) is 0 Å². The summed E-state index contributed by atoms with van der Waals surface area (Å²) in [5.74, 6) is 0.00209. The van der Waals surface area contributed by atoms with Crippen LogP contribution in [-0.2, 0) is 9.84 Å². The Labute approximate surface area is 119 Å². The zero-order valence-corrected chi connectivity index (χ0v) is 13.3. The zero-order chi connectivity index (χ0) is 15.1. The second-order valence-electron chi connectivity index (χ2n) is 6.68. The molecule has 0 aromatic carbocycles. The molecule has 3 heteroatoms. The molecule has 0 amide bonds. The molecule has 0 aromatic heterocycles. The molecule has 0 saturated heterocycles. The predicted octanol–water partition coefficient (Wildman–Crippen LogP) is 4.24. The minimum atomic E-state index is -3.28. The molecular weight excluding hydrogens is 256 g/mol. The Balaban J connectivity index is 2.53. The normalized spacial score (nSPS) is 28.4. The Morgan fingerprint density at radius 1 is 1.32 bits per heavy atom. The first-order valence-corrected chi connectivity index (χ1v) is 8.84. The summed E-state index contributed by atoms with van der Waals surface area (Å²) in [7, 11) is -3.28. The molecule has 3 rings (SSSR count). The standard InChI is InChI=1S/C16H26O2S/c1-5-6-7-14-12-8-10-13(11-9-12)15(14)19(17,18)16(2,3)4/h8,10,12-13H,5-7,9,11H2,1-4H3/t12-,13+/m1/s1/i8D. The molecule has 3 aliphatic rings. The van der Waals surface area contributed by atoms with E-state index in [1.54, 1.807) is 20.8 Å². The summed E-state index contributed by atoms with van der Waals surface area (Å²) in [5, 5.41) is 0. The van der Waals surface area contributed by atoms with Gasteiger partial charge in [-0.3, -0.25) is 0 Å². The lowest BCUT2D eigenvalue weighted by atomic mass is 9.75. The van der Waals surface area contributed by atoms with Crippen LogP contribution >= 0.6 is 0 Å². The predicted molar refractivity (Wildman–Crippen MR) is 80.6 cm³/mol. The van der Waals surface area contributed by atoms with E-state index in [4.69, 9.17) is 1.37 Å². The Morgan fingerprint density at radius 2 is 1.95 bits per heavy atom. The first-order chi connectivity index (χ1) is 9.20. The molecule has 0 saturated carbocycles. The van der Waals surface area contributed by atoms with Gasteiger partial charge in [0.1, 0.15) is 0 Å². The largest absolute Gasteiger partial charge is 0.223 e. The number of hydrogen-bond acceptors (Lipinski definition) is 2.